The van der Waals surface area contributed by atoms with Crippen LogP contribution in [0.5, 0.6) is 0 Å². The SMILES string of the molecule is FC1(F)CC(NC2=NCCc3cc(Nc4[nH]nc5ncccc45)ccc32)C1. The predicted octanol–water partition coefficient (Wildman–Crippen LogP) is 3.39. The molecule has 0 unspecified atom stereocenters. The van der Waals surface area contributed by atoms with Gasteiger partial charge in [-0.1, -0.05) is 0 Å². The Morgan fingerprint density at radius 2 is 2.07 bits per heavy atom. The highest BCUT2D eigenvalue weighted by Crippen LogP contribution is 2.37. The number of aromatic nitrogens is 3. The van der Waals surface area contributed by atoms with E-state index in [2.05, 4.69) is 36.9 Å². The molecule has 1 saturated carbocycles. The maximum absolute atomic E-state index is 13.1. The van der Waals surface area contributed by atoms with E-state index in [4.69, 9.17) is 0 Å². The largest absolute Gasteiger partial charge is 0.367 e. The molecule has 0 amide bonds. The summed E-state index contributed by atoms with van der Waals surface area (Å²) in [4.78, 5) is 8.72. The predicted molar refractivity (Wildman–Crippen MR) is 99.8 cm³/mol. The second kappa shape index (κ2) is 6.00. The smallest absolute Gasteiger partial charge is 0.252 e. The van der Waals surface area contributed by atoms with Crippen LogP contribution in [0.25, 0.3) is 11.0 Å². The summed E-state index contributed by atoms with van der Waals surface area (Å²) in [6.45, 7) is 0.652. The zero-order valence-corrected chi connectivity index (χ0v) is 14.5. The minimum absolute atomic E-state index is 0.123. The molecule has 0 atom stereocenters. The molecule has 8 heteroatoms. The van der Waals surface area contributed by atoms with E-state index in [-0.39, 0.29) is 18.9 Å². The summed E-state index contributed by atoms with van der Waals surface area (Å²) < 4.78 is 26.2. The number of fused-ring (bicyclic) bond motifs is 2. The van der Waals surface area contributed by atoms with E-state index in [1.54, 1.807) is 6.20 Å². The summed E-state index contributed by atoms with van der Waals surface area (Å²) in [5.74, 6) is -1.03. The van der Waals surface area contributed by atoms with Gasteiger partial charge in [-0.15, -0.1) is 0 Å². The Balaban J connectivity index is 1.36. The summed E-state index contributed by atoms with van der Waals surface area (Å²) in [6.07, 6.45) is 2.28. The number of nitrogens with zero attached hydrogens (tertiary/aromatic N) is 3. The van der Waals surface area contributed by atoms with Crippen molar-refractivity contribution in [3.8, 4) is 0 Å². The van der Waals surface area contributed by atoms with Gasteiger partial charge in [-0.05, 0) is 42.3 Å². The van der Waals surface area contributed by atoms with E-state index in [0.29, 0.717) is 12.2 Å². The number of halogens is 2. The standard InChI is InChI=1S/C19H18F2N6/c20-19(21)9-13(10-19)25-16-14-4-3-12(8-11(14)5-7-23-16)24-18-15-2-1-6-22-17(15)26-27-18/h1-4,6,8,13H,5,7,9-10H2,(H,23,25)(H2,22,24,26,27). The van der Waals surface area contributed by atoms with Crippen LogP contribution in [-0.2, 0) is 6.42 Å². The lowest BCUT2D eigenvalue weighted by molar-refractivity contribution is -0.0885. The van der Waals surface area contributed by atoms with Gasteiger partial charge in [0, 0.05) is 42.9 Å². The van der Waals surface area contributed by atoms with Gasteiger partial charge in [0.15, 0.2) is 5.65 Å². The van der Waals surface area contributed by atoms with Crippen LogP contribution in [0, 0.1) is 0 Å². The average Bonchev–Trinajstić information content (AvgIpc) is 3.03. The fraction of sp³-hybridized carbons (Fsp3) is 0.316. The summed E-state index contributed by atoms with van der Waals surface area (Å²) in [7, 11) is 0. The first-order valence-electron chi connectivity index (χ1n) is 8.96. The van der Waals surface area contributed by atoms with Crippen LogP contribution in [0.15, 0.2) is 41.5 Å². The molecular formula is C19H18F2N6. The number of aliphatic imine (C=N–C) groups is 1. The first kappa shape index (κ1) is 16.2. The maximum Gasteiger partial charge on any atom is 0.252 e. The molecule has 1 aliphatic heterocycles. The highest BCUT2D eigenvalue weighted by atomic mass is 19.3. The third-order valence-electron chi connectivity index (χ3n) is 5.04. The van der Waals surface area contributed by atoms with Crippen molar-refractivity contribution in [3.05, 3.63) is 47.7 Å². The molecule has 3 heterocycles. The van der Waals surface area contributed by atoms with Gasteiger partial charge in [0.05, 0.1) is 5.39 Å². The van der Waals surface area contributed by atoms with Gasteiger partial charge >= 0.3 is 0 Å². The Bertz CT molecular complexity index is 1030. The molecule has 0 saturated heterocycles. The molecule has 1 aromatic carbocycles. The number of benzene rings is 1. The summed E-state index contributed by atoms with van der Waals surface area (Å²) in [5.41, 5.74) is 3.72. The van der Waals surface area contributed by atoms with Gasteiger partial charge in [-0.3, -0.25) is 10.1 Å². The second-order valence-electron chi connectivity index (χ2n) is 7.06. The highest BCUT2D eigenvalue weighted by Gasteiger charge is 2.45. The molecule has 0 bridgehead atoms. The Morgan fingerprint density at radius 3 is 2.93 bits per heavy atom. The summed E-state index contributed by atoms with van der Waals surface area (Å²) in [5, 5.41) is 14.6. The first-order chi connectivity index (χ1) is 13.1. The molecule has 3 aromatic rings. The molecule has 0 radical (unpaired) electrons. The van der Waals surface area contributed by atoms with Crippen LogP contribution >= 0.6 is 0 Å². The lowest BCUT2D eigenvalue weighted by atomic mass is 9.87. The van der Waals surface area contributed by atoms with Gasteiger partial charge < -0.3 is 10.6 Å². The number of aromatic amines is 1. The Kier molecular flexibility index (Phi) is 3.60. The van der Waals surface area contributed by atoms with Crippen molar-refractivity contribution < 1.29 is 8.78 Å². The third-order valence-corrected chi connectivity index (χ3v) is 5.04. The van der Waals surface area contributed by atoms with Crippen LogP contribution in [0.3, 0.4) is 0 Å². The number of alkyl halides is 2. The van der Waals surface area contributed by atoms with Crippen molar-refractivity contribution in [1.29, 1.82) is 0 Å². The van der Waals surface area contributed by atoms with Gasteiger partial charge in [-0.25, -0.2) is 13.8 Å². The number of hydrogen-bond donors (Lipinski definition) is 3. The van der Waals surface area contributed by atoms with Crippen molar-refractivity contribution in [2.24, 2.45) is 4.99 Å². The monoisotopic (exact) mass is 368 g/mol. The molecule has 138 valence electrons. The Hall–Kier alpha value is -3.03. The maximum atomic E-state index is 13.1. The van der Waals surface area contributed by atoms with E-state index < -0.39 is 5.92 Å². The first-order valence-corrected chi connectivity index (χ1v) is 8.96. The number of hydrogen-bond acceptors (Lipinski definition) is 5. The van der Waals surface area contributed by atoms with Crippen molar-refractivity contribution in [1.82, 2.24) is 20.5 Å². The minimum atomic E-state index is -2.54. The third kappa shape index (κ3) is 3.01. The molecule has 1 fully saturated rings. The average molecular weight is 368 g/mol. The molecule has 5 rings (SSSR count). The molecular weight excluding hydrogens is 350 g/mol. The van der Waals surface area contributed by atoms with Crippen LogP contribution in [-0.4, -0.2) is 39.5 Å². The van der Waals surface area contributed by atoms with E-state index in [9.17, 15) is 8.78 Å². The van der Waals surface area contributed by atoms with Crippen molar-refractivity contribution >= 4 is 28.4 Å². The zero-order valence-electron chi connectivity index (χ0n) is 14.5. The van der Waals surface area contributed by atoms with Crippen molar-refractivity contribution in [2.45, 2.75) is 31.2 Å². The normalized spacial score (nSPS) is 18.5. The van der Waals surface area contributed by atoms with Crippen molar-refractivity contribution in [2.75, 3.05) is 11.9 Å². The number of anilines is 2. The van der Waals surface area contributed by atoms with E-state index in [1.165, 1.54) is 0 Å². The van der Waals surface area contributed by atoms with Gasteiger partial charge in [0.1, 0.15) is 11.7 Å². The molecule has 2 aliphatic rings. The zero-order chi connectivity index (χ0) is 18.4. The van der Waals surface area contributed by atoms with Gasteiger partial charge in [0.25, 0.3) is 5.92 Å². The number of amidine groups is 1. The highest BCUT2D eigenvalue weighted by molar-refractivity contribution is 6.01. The fourth-order valence-electron chi connectivity index (χ4n) is 3.65. The number of nitrogens with one attached hydrogen (secondary N) is 3. The summed E-state index contributed by atoms with van der Waals surface area (Å²) >= 11 is 0. The van der Waals surface area contributed by atoms with Crippen LogP contribution in [0.4, 0.5) is 20.3 Å². The van der Waals surface area contributed by atoms with Crippen LogP contribution < -0.4 is 10.6 Å². The number of rotatable bonds is 3. The van der Waals surface area contributed by atoms with Gasteiger partial charge in [0.2, 0.25) is 0 Å². The number of pyridine rings is 1. The molecule has 2 aromatic heterocycles. The van der Waals surface area contributed by atoms with Crippen LogP contribution in [0.1, 0.15) is 24.0 Å². The quantitative estimate of drug-likeness (QED) is 0.662. The van der Waals surface area contributed by atoms with Gasteiger partial charge in [-0.2, -0.15) is 5.10 Å². The molecule has 3 N–H and O–H groups in total. The van der Waals surface area contributed by atoms with E-state index in [1.807, 2.05) is 24.3 Å². The number of H-pyrrole nitrogens is 1. The Morgan fingerprint density at radius 1 is 1.19 bits per heavy atom. The van der Waals surface area contributed by atoms with E-state index >= 15 is 0 Å². The lowest BCUT2D eigenvalue weighted by Gasteiger charge is -2.37. The van der Waals surface area contributed by atoms with Crippen molar-refractivity contribution in [3.63, 3.8) is 0 Å². The minimum Gasteiger partial charge on any atom is -0.367 e. The topological polar surface area (TPSA) is 78.0 Å². The molecule has 27 heavy (non-hydrogen) atoms. The molecule has 0 spiro atoms. The van der Waals surface area contributed by atoms with E-state index in [0.717, 1.165) is 40.3 Å². The Labute approximate surface area is 154 Å². The second-order valence-corrected chi connectivity index (χ2v) is 7.06. The van der Waals surface area contributed by atoms with Crippen LogP contribution in [0.2, 0.25) is 0 Å². The molecule has 6 nitrogen and oxygen atoms in total. The fourth-order valence-corrected chi connectivity index (χ4v) is 3.65. The molecule has 1 aliphatic carbocycles. The summed E-state index contributed by atoms with van der Waals surface area (Å²) in [6, 6.07) is 9.63. The lowest BCUT2D eigenvalue weighted by Crippen LogP contribution is -2.51.